The number of benzene rings is 1. The lowest BCUT2D eigenvalue weighted by Crippen LogP contribution is -2.28. The van der Waals surface area contributed by atoms with E-state index in [1.165, 1.54) is 13.2 Å². The van der Waals surface area contributed by atoms with Crippen LogP contribution in [0.2, 0.25) is 0 Å². The minimum absolute atomic E-state index is 0.101. The van der Waals surface area contributed by atoms with E-state index >= 15 is 0 Å². The highest BCUT2D eigenvalue weighted by Crippen LogP contribution is 2.46. The van der Waals surface area contributed by atoms with Gasteiger partial charge < -0.3 is 19.1 Å². The summed E-state index contributed by atoms with van der Waals surface area (Å²) in [4.78, 5) is 8.59. The molecule has 0 fully saturated rings. The van der Waals surface area contributed by atoms with E-state index in [-0.39, 0.29) is 29.4 Å². The number of alkyl halides is 3. The number of nitrogens with zero attached hydrogens (tertiary/aromatic N) is 5. The Bertz CT molecular complexity index is 1430. The molecule has 0 saturated heterocycles. The topological polar surface area (TPSA) is 87.2 Å². The summed E-state index contributed by atoms with van der Waals surface area (Å²) in [6, 6.07) is 6.98. The van der Waals surface area contributed by atoms with Crippen LogP contribution < -0.4 is 9.47 Å². The minimum atomic E-state index is -4.66. The zero-order valence-electron chi connectivity index (χ0n) is 20.5. The molecule has 0 bridgehead atoms. The molecule has 11 heteroatoms. The lowest BCUT2D eigenvalue weighted by atomic mass is 9.86. The maximum absolute atomic E-state index is 13.9. The van der Waals surface area contributed by atoms with Crippen LogP contribution in [-0.4, -0.2) is 43.1 Å². The lowest BCUT2D eigenvalue weighted by Gasteiger charge is -2.32. The molecule has 0 radical (unpaired) electrons. The summed E-state index contributed by atoms with van der Waals surface area (Å²) in [7, 11) is 3.00. The number of hydrogen-bond donors (Lipinski definition) is 1. The average molecular weight is 514 g/mol. The maximum atomic E-state index is 13.9. The van der Waals surface area contributed by atoms with Crippen molar-refractivity contribution >= 4 is 0 Å². The van der Waals surface area contributed by atoms with Crippen LogP contribution in [0.4, 0.5) is 13.2 Å². The molecule has 8 nitrogen and oxygen atoms in total. The van der Waals surface area contributed by atoms with Gasteiger partial charge in [0.25, 0.3) is 0 Å². The second-order valence-corrected chi connectivity index (χ2v) is 9.13. The SMILES string of the molecule is COc1ccnc(C[C@H]2COc3c(-c4cn(C)nc4C(F)(F)F)cc(Cn4ccnc4C)cc3[C@H]2O)c1. The highest BCUT2D eigenvalue weighted by molar-refractivity contribution is 5.75. The third-order valence-electron chi connectivity index (χ3n) is 6.54. The van der Waals surface area contributed by atoms with Gasteiger partial charge in [-0.15, -0.1) is 0 Å². The molecule has 1 N–H and O–H groups in total. The van der Waals surface area contributed by atoms with Crippen molar-refractivity contribution < 1.29 is 27.8 Å². The number of hydrogen-bond acceptors (Lipinski definition) is 6. The quantitative estimate of drug-likeness (QED) is 0.413. The van der Waals surface area contributed by atoms with Crippen molar-refractivity contribution in [2.45, 2.75) is 32.2 Å². The summed E-state index contributed by atoms with van der Waals surface area (Å²) >= 11 is 0. The van der Waals surface area contributed by atoms with Gasteiger partial charge in [0, 0.05) is 72.7 Å². The predicted molar refractivity (Wildman–Crippen MR) is 128 cm³/mol. The Kier molecular flexibility index (Phi) is 6.40. The van der Waals surface area contributed by atoms with Gasteiger partial charge in [-0.25, -0.2) is 4.98 Å². The molecule has 0 saturated carbocycles. The third kappa shape index (κ3) is 4.91. The molecule has 0 amide bonds. The highest BCUT2D eigenvalue weighted by Gasteiger charge is 2.40. The molecule has 37 heavy (non-hydrogen) atoms. The van der Waals surface area contributed by atoms with Gasteiger partial charge in [0.15, 0.2) is 5.69 Å². The van der Waals surface area contributed by atoms with Crippen LogP contribution in [0.25, 0.3) is 11.1 Å². The number of rotatable bonds is 6. The van der Waals surface area contributed by atoms with Crippen molar-refractivity contribution in [3.8, 4) is 22.6 Å². The molecule has 1 aliphatic rings. The first kappa shape index (κ1) is 24.8. The molecule has 1 aromatic carbocycles. The number of imidazole rings is 1. The number of halogens is 3. The van der Waals surface area contributed by atoms with E-state index < -0.39 is 18.0 Å². The van der Waals surface area contributed by atoms with Crippen LogP contribution in [-0.2, 0) is 26.2 Å². The largest absolute Gasteiger partial charge is 0.497 e. The third-order valence-corrected chi connectivity index (χ3v) is 6.54. The Labute approximate surface area is 211 Å². The predicted octanol–water partition coefficient (Wildman–Crippen LogP) is 4.35. The van der Waals surface area contributed by atoms with E-state index in [0.29, 0.717) is 35.5 Å². The molecule has 0 unspecified atom stereocenters. The minimum Gasteiger partial charge on any atom is -0.497 e. The number of aryl methyl sites for hydroxylation is 2. The van der Waals surface area contributed by atoms with E-state index in [9.17, 15) is 18.3 Å². The summed E-state index contributed by atoms with van der Waals surface area (Å²) in [5.41, 5.74) is 0.982. The molecule has 1 aliphatic heterocycles. The van der Waals surface area contributed by atoms with Crippen molar-refractivity contribution in [3.05, 3.63) is 77.4 Å². The van der Waals surface area contributed by atoms with Gasteiger partial charge in [-0.2, -0.15) is 18.3 Å². The molecule has 0 aliphatic carbocycles. The number of aliphatic hydroxyl groups excluding tert-OH is 1. The zero-order chi connectivity index (χ0) is 26.3. The maximum Gasteiger partial charge on any atom is 0.435 e. The first-order valence-corrected chi connectivity index (χ1v) is 11.7. The van der Waals surface area contributed by atoms with E-state index in [4.69, 9.17) is 9.47 Å². The summed E-state index contributed by atoms with van der Waals surface area (Å²) in [6.45, 7) is 2.32. The average Bonchev–Trinajstić information content (AvgIpc) is 3.46. The van der Waals surface area contributed by atoms with Crippen molar-refractivity contribution in [2.24, 2.45) is 13.0 Å². The molecule has 4 aromatic rings. The lowest BCUT2D eigenvalue weighted by molar-refractivity contribution is -0.140. The van der Waals surface area contributed by atoms with Gasteiger partial charge in [-0.3, -0.25) is 9.67 Å². The van der Waals surface area contributed by atoms with Crippen molar-refractivity contribution in [1.29, 1.82) is 0 Å². The van der Waals surface area contributed by atoms with Crippen LogP contribution in [0.1, 0.15) is 34.4 Å². The van der Waals surface area contributed by atoms with Gasteiger partial charge in [-0.05, 0) is 37.1 Å². The highest BCUT2D eigenvalue weighted by atomic mass is 19.4. The van der Waals surface area contributed by atoms with Crippen molar-refractivity contribution in [1.82, 2.24) is 24.3 Å². The first-order valence-electron chi connectivity index (χ1n) is 11.7. The van der Waals surface area contributed by atoms with Crippen LogP contribution in [0, 0.1) is 12.8 Å². The standard InChI is InChI=1S/C26H26F3N5O3/c1-15-30-6-7-34(15)12-16-8-20(22-13-33(2)32-25(22)26(27,28)29)24-21(9-16)23(35)17(14-37-24)10-18-11-19(36-3)4-5-31-18/h4-9,11,13,17,23,35H,10,12,14H2,1-3H3/t17-,23-/m0/s1. The normalized spacial score (nSPS) is 17.4. The molecule has 194 valence electrons. The fraction of sp³-hybridized carbons (Fsp3) is 0.346. The number of ether oxygens (including phenoxy) is 2. The summed E-state index contributed by atoms with van der Waals surface area (Å²) in [5, 5.41) is 15.1. The number of aliphatic hydroxyl groups is 1. The molecule has 5 rings (SSSR count). The number of pyridine rings is 1. The van der Waals surface area contributed by atoms with Gasteiger partial charge in [0.1, 0.15) is 17.3 Å². The summed E-state index contributed by atoms with van der Waals surface area (Å²) < 4.78 is 56.0. The zero-order valence-corrected chi connectivity index (χ0v) is 20.5. The smallest absolute Gasteiger partial charge is 0.435 e. The van der Waals surface area contributed by atoms with E-state index in [0.717, 1.165) is 10.5 Å². The van der Waals surface area contributed by atoms with Gasteiger partial charge >= 0.3 is 6.18 Å². The second kappa shape index (κ2) is 9.55. The van der Waals surface area contributed by atoms with Crippen LogP contribution in [0.15, 0.2) is 49.1 Å². The van der Waals surface area contributed by atoms with Crippen LogP contribution in [0.3, 0.4) is 0 Å². The Hall–Kier alpha value is -3.86. The molecular formula is C26H26F3N5O3. The fourth-order valence-electron chi connectivity index (χ4n) is 4.72. The summed E-state index contributed by atoms with van der Waals surface area (Å²) in [5.74, 6) is 1.27. The van der Waals surface area contributed by atoms with Crippen molar-refractivity contribution in [3.63, 3.8) is 0 Å². The monoisotopic (exact) mass is 513 g/mol. The first-order chi connectivity index (χ1) is 17.6. The van der Waals surface area contributed by atoms with Gasteiger partial charge in [0.05, 0.1) is 19.8 Å². The summed E-state index contributed by atoms with van der Waals surface area (Å²) in [6.07, 6.45) is 1.17. The van der Waals surface area contributed by atoms with Crippen LogP contribution in [0.5, 0.6) is 11.5 Å². The Balaban J connectivity index is 1.59. The number of methoxy groups -OCH3 is 1. The van der Waals surface area contributed by atoms with E-state index in [1.54, 1.807) is 50.0 Å². The molecule has 2 atom stereocenters. The van der Waals surface area contributed by atoms with Gasteiger partial charge in [-0.1, -0.05) is 0 Å². The Morgan fingerprint density at radius 2 is 1.97 bits per heavy atom. The van der Waals surface area contributed by atoms with E-state index in [2.05, 4.69) is 15.1 Å². The second-order valence-electron chi connectivity index (χ2n) is 9.13. The fourth-order valence-corrected chi connectivity index (χ4v) is 4.72. The number of aromatic nitrogens is 5. The van der Waals surface area contributed by atoms with Crippen molar-refractivity contribution in [2.75, 3.05) is 13.7 Å². The molecule has 4 heterocycles. The van der Waals surface area contributed by atoms with Crippen LogP contribution >= 0.6 is 0 Å². The Morgan fingerprint density at radius 3 is 2.68 bits per heavy atom. The van der Waals surface area contributed by atoms with E-state index in [1.807, 2.05) is 11.5 Å². The Morgan fingerprint density at radius 1 is 1.16 bits per heavy atom. The number of fused-ring (bicyclic) bond motifs is 1. The molecular weight excluding hydrogens is 487 g/mol. The molecule has 3 aromatic heterocycles. The van der Waals surface area contributed by atoms with Gasteiger partial charge in [0.2, 0.25) is 0 Å². The molecule has 0 spiro atoms.